The average Bonchev–Trinajstić information content (AvgIpc) is 2.46. The zero-order valence-electron chi connectivity index (χ0n) is 12.7. The molecule has 0 atom stereocenters. The Bertz CT molecular complexity index is 722. The van der Waals surface area contributed by atoms with Gasteiger partial charge in [0.1, 0.15) is 11.7 Å². The summed E-state index contributed by atoms with van der Waals surface area (Å²) in [6.07, 6.45) is 4.02. The maximum absolute atomic E-state index is 7.43. The van der Waals surface area contributed by atoms with E-state index in [2.05, 4.69) is 0 Å². The number of nitrogen functional groups attached to an aromatic ring is 2. The molecule has 0 saturated carbocycles. The first-order valence-corrected chi connectivity index (χ1v) is 6.55. The van der Waals surface area contributed by atoms with Crippen LogP contribution in [-0.4, -0.2) is 11.7 Å². The molecule has 2 rings (SSSR count). The second-order valence-electron chi connectivity index (χ2n) is 4.85. The first kappa shape index (κ1) is 20.7. The first-order chi connectivity index (χ1) is 9.97. The Morgan fingerprint density at radius 3 is 1.83 bits per heavy atom. The van der Waals surface area contributed by atoms with Gasteiger partial charge in [0.25, 0.3) is 0 Å². The molecule has 0 radical (unpaired) electrons. The lowest BCUT2D eigenvalue weighted by atomic mass is 10.0. The fourth-order valence-corrected chi connectivity index (χ4v) is 1.99. The van der Waals surface area contributed by atoms with E-state index in [0.717, 1.165) is 22.3 Å². The highest BCUT2D eigenvalue weighted by molar-refractivity contribution is 5.96. The average molecular weight is 351 g/mol. The predicted octanol–water partition coefficient (Wildman–Crippen LogP) is 3.58. The van der Waals surface area contributed by atoms with Crippen LogP contribution in [0.5, 0.6) is 0 Å². The van der Waals surface area contributed by atoms with Crippen molar-refractivity contribution in [2.24, 2.45) is 11.5 Å². The van der Waals surface area contributed by atoms with Crippen LogP contribution in [0, 0.1) is 17.7 Å². The number of benzene rings is 2. The van der Waals surface area contributed by atoms with Crippen LogP contribution >= 0.6 is 24.8 Å². The van der Waals surface area contributed by atoms with Crippen LogP contribution in [0.25, 0.3) is 12.2 Å². The van der Waals surface area contributed by atoms with E-state index in [9.17, 15) is 0 Å². The van der Waals surface area contributed by atoms with Crippen molar-refractivity contribution in [2.75, 3.05) is 0 Å². The molecular weight excluding hydrogens is 331 g/mol. The van der Waals surface area contributed by atoms with Gasteiger partial charge in [0.2, 0.25) is 0 Å². The molecule has 6 heteroatoms. The van der Waals surface area contributed by atoms with Crippen LogP contribution in [0.4, 0.5) is 0 Å². The minimum absolute atomic E-state index is 0. The van der Waals surface area contributed by atoms with Crippen molar-refractivity contribution in [2.45, 2.75) is 6.92 Å². The zero-order chi connectivity index (χ0) is 15.4. The smallest absolute Gasteiger partial charge is 0.122 e. The van der Waals surface area contributed by atoms with Crippen LogP contribution in [0.1, 0.15) is 27.8 Å². The Labute approximate surface area is 148 Å². The summed E-state index contributed by atoms with van der Waals surface area (Å²) in [5.74, 6) is 0.148. The summed E-state index contributed by atoms with van der Waals surface area (Å²) in [7, 11) is 0. The van der Waals surface area contributed by atoms with Gasteiger partial charge in [-0.15, -0.1) is 24.8 Å². The molecule has 2 aromatic rings. The molecule has 0 aliphatic carbocycles. The third-order valence-electron chi connectivity index (χ3n) is 3.26. The largest absolute Gasteiger partial charge is 0.384 e. The molecule has 0 unspecified atom stereocenters. The SMILES string of the molecule is Cc1cc(C(=N)N)ccc1/C=C\c1ccc(C(=N)N)cc1.Cl.Cl. The van der Waals surface area contributed by atoms with E-state index < -0.39 is 0 Å². The van der Waals surface area contributed by atoms with Gasteiger partial charge in [-0.1, -0.05) is 48.6 Å². The molecule has 0 spiro atoms. The number of nitrogens with two attached hydrogens (primary N) is 2. The summed E-state index contributed by atoms with van der Waals surface area (Å²) in [4.78, 5) is 0. The van der Waals surface area contributed by atoms with Gasteiger partial charge in [-0.25, -0.2) is 0 Å². The van der Waals surface area contributed by atoms with Crippen molar-refractivity contribution in [1.29, 1.82) is 10.8 Å². The Hall–Kier alpha value is -2.30. The van der Waals surface area contributed by atoms with Crippen molar-refractivity contribution < 1.29 is 0 Å². The maximum Gasteiger partial charge on any atom is 0.122 e. The van der Waals surface area contributed by atoms with Crippen molar-refractivity contribution in [1.82, 2.24) is 0 Å². The van der Waals surface area contributed by atoms with E-state index in [-0.39, 0.29) is 36.5 Å². The zero-order valence-corrected chi connectivity index (χ0v) is 14.3. The molecule has 0 aliphatic heterocycles. The van der Waals surface area contributed by atoms with Gasteiger partial charge in [0.05, 0.1) is 0 Å². The summed E-state index contributed by atoms with van der Waals surface area (Å²) < 4.78 is 0. The molecule has 0 saturated heterocycles. The molecule has 0 heterocycles. The molecule has 0 amide bonds. The monoisotopic (exact) mass is 350 g/mol. The van der Waals surface area contributed by atoms with Crippen LogP contribution < -0.4 is 11.5 Å². The Balaban J connectivity index is 0.00000242. The normalized spacial score (nSPS) is 9.78. The topological polar surface area (TPSA) is 99.7 Å². The van der Waals surface area contributed by atoms with Gasteiger partial charge >= 0.3 is 0 Å². The fraction of sp³-hybridized carbons (Fsp3) is 0.0588. The van der Waals surface area contributed by atoms with Gasteiger partial charge in [-0.2, -0.15) is 0 Å². The summed E-state index contributed by atoms with van der Waals surface area (Å²) in [6, 6.07) is 13.2. The lowest BCUT2D eigenvalue weighted by Crippen LogP contribution is -2.11. The van der Waals surface area contributed by atoms with Crippen LogP contribution in [0.15, 0.2) is 42.5 Å². The maximum atomic E-state index is 7.43. The summed E-state index contributed by atoms with van der Waals surface area (Å²) in [5.41, 5.74) is 15.5. The molecular formula is C17H20Cl2N4. The Morgan fingerprint density at radius 1 is 0.826 bits per heavy atom. The van der Waals surface area contributed by atoms with E-state index in [0.29, 0.717) is 5.56 Å². The summed E-state index contributed by atoms with van der Waals surface area (Å²) in [5, 5.41) is 14.8. The van der Waals surface area contributed by atoms with Crippen molar-refractivity contribution >= 4 is 48.6 Å². The fourth-order valence-electron chi connectivity index (χ4n) is 1.99. The first-order valence-electron chi connectivity index (χ1n) is 6.55. The second kappa shape index (κ2) is 8.98. The van der Waals surface area contributed by atoms with E-state index >= 15 is 0 Å². The van der Waals surface area contributed by atoms with E-state index in [1.165, 1.54) is 0 Å². The summed E-state index contributed by atoms with van der Waals surface area (Å²) >= 11 is 0. The number of nitrogens with one attached hydrogen (secondary N) is 2. The lowest BCUT2D eigenvalue weighted by molar-refractivity contribution is 1.38. The molecule has 122 valence electrons. The third kappa shape index (κ3) is 5.43. The number of hydrogen-bond acceptors (Lipinski definition) is 2. The Kier molecular flexibility index (Phi) is 8.08. The molecule has 0 bridgehead atoms. The van der Waals surface area contributed by atoms with Gasteiger partial charge in [-0.05, 0) is 29.7 Å². The molecule has 23 heavy (non-hydrogen) atoms. The highest BCUT2D eigenvalue weighted by Crippen LogP contribution is 2.15. The second-order valence-corrected chi connectivity index (χ2v) is 4.85. The van der Waals surface area contributed by atoms with Crippen molar-refractivity contribution in [3.05, 3.63) is 70.3 Å². The van der Waals surface area contributed by atoms with E-state index in [4.69, 9.17) is 22.3 Å². The molecule has 0 fully saturated rings. The quantitative estimate of drug-likeness (QED) is 0.385. The number of aryl methyl sites for hydroxylation is 1. The highest BCUT2D eigenvalue weighted by atomic mass is 35.5. The van der Waals surface area contributed by atoms with Crippen LogP contribution in [-0.2, 0) is 0 Å². The van der Waals surface area contributed by atoms with Gasteiger partial charge in [0, 0.05) is 11.1 Å². The molecule has 6 N–H and O–H groups in total. The van der Waals surface area contributed by atoms with Crippen molar-refractivity contribution in [3.63, 3.8) is 0 Å². The van der Waals surface area contributed by atoms with E-state index in [1.54, 1.807) is 0 Å². The molecule has 0 aromatic heterocycles. The van der Waals surface area contributed by atoms with Crippen molar-refractivity contribution in [3.8, 4) is 0 Å². The molecule has 0 aliphatic rings. The van der Waals surface area contributed by atoms with E-state index in [1.807, 2.05) is 61.5 Å². The minimum Gasteiger partial charge on any atom is -0.384 e. The number of halogens is 2. The Morgan fingerprint density at radius 2 is 1.35 bits per heavy atom. The van der Waals surface area contributed by atoms with Crippen LogP contribution in [0.2, 0.25) is 0 Å². The summed E-state index contributed by atoms with van der Waals surface area (Å²) in [6.45, 7) is 1.99. The highest BCUT2D eigenvalue weighted by Gasteiger charge is 2.00. The number of hydrogen-bond donors (Lipinski definition) is 4. The minimum atomic E-state index is 0. The van der Waals surface area contributed by atoms with Crippen LogP contribution in [0.3, 0.4) is 0 Å². The van der Waals surface area contributed by atoms with Gasteiger partial charge < -0.3 is 11.5 Å². The number of amidine groups is 2. The third-order valence-corrected chi connectivity index (χ3v) is 3.26. The predicted molar refractivity (Wildman–Crippen MR) is 103 cm³/mol. The van der Waals surface area contributed by atoms with Gasteiger partial charge in [-0.3, -0.25) is 10.8 Å². The van der Waals surface area contributed by atoms with Gasteiger partial charge in [0.15, 0.2) is 0 Å². The molecule has 4 nitrogen and oxygen atoms in total. The standard InChI is InChI=1S/C17H18N4.2ClH/c1-11-10-15(17(20)21)9-8-13(11)5-2-12-3-6-14(7-4-12)16(18)19;;/h2-10H,1H3,(H3,18,19)(H3,20,21);2*1H/b5-2-;;. The molecule has 2 aromatic carbocycles. The number of rotatable bonds is 4. The lowest BCUT2D eigenvalue weighted by Gasteiger charge is -2.04.